The number of fused-ring (bicyclic) bond motifs is 2. The molecule has 7 heteroatoms. The van der Waals surface area contributed by atoms with E-state index in [4.69, 9.17) is 9.47 Å². The number of methoxy groups -OCH3 is 2. The van der Waals surface area contributed by atoms with E-state index in [0.29, 0.717) is 0 Å². The predicted molar refractivity (Wildman–Crippen MR) is 83.5 cm³/mol. The van der Waals surface area contributed by atoms with Crippen LogP contribution in [0.1, 0.15) is 0 Å². The van der Waals surface area contributed by atoms with Gasteiger partial charge in [-0.15, -0.1) is 22.7 Å². The number of hydrogen-bond acceptors (Lipinski definition) is 5. The molecule has 94 valence electrons. The van der Waals surface area contributed by atoms with Gasteiger partial charge in [0.2, 0.25) is 0 Å². The molecule has 0 aliphatic carbocycles. The zero-order valence-corrected chi connectivity index (χ0v) is 14.2. The smallest absolute Gasteiger partial charge is 0.170 e. The van der Waals surface area contributed by atoms with Crippen molar-refractivity contribution in [2.45, 2.75) is 0 Å². The van der Waals surface area contributed by atoms with Gasteiger partial charge in [0.05, 0.1) is 24.3 Å². The molecule has 0 amide bonds. The fourth-order valence-corrected chi connectivity index (χ4v) is 5.24. The maximum Gasteiger partial charge on any atom is 0.170 e. The summed E-state index contributed by atoms with van der Waals surface area (Å²) in [5.41, 5.74) is 0.887. The summed E-state index contributed by atoms with van der Waals surface area (Å²) in [5.74, 6) is 1.63. The minimum Gasteiger partial charge on any atom is -0.494 e. The molecule has 3 aromatic rings. The second kappa shape index (κ2) is 4.63. The summed E-state index contributed by atoms with van der Waals surface area (Å²) in [6, 6.07) is 2.09. The third-order valence-corrected chi connectivity index (χ3v) is 6.02. The van der Waals surface area contributed by atoms with Gasteiger partial charge in [0.15, 0.2) is 11.5 Å². The first-order valence-electron chi connectivity index (χ1n) is 4.94. The molecular weight excluding hydrogens is 402 g/mol. The highest BCUT2D eigenvalue weighted by atomic mass is 79.9. The van der Waals surface area contributed by atoms with Crippen molar-refractivity contribution in [2.75, 3.05) is 14.2 Å². The molecule has 0 spiro atoms. The lowest BCUT2D eigenvalue weighted by Gasteiger charge is -1.99. The third kappa shape index (κ3) is 1.76. The predicted octanol–water partition coefficient (Wildman–Crippen LogP) is 5.05. The Bertz CT molecular complexity index is 686. The van der Waals surface area contributed by atoms with Crippen LogP contribution in [0.5, 0.6) is 11.5 Å². The first-order valence-corrected chi connectivity index (χ1v) is 8.16. The maximum atomic E-state index is 5.40. The maximum absolute atomic E-state index is 5.40. The first-order chi connectivity index (χ1) is 8.65. The lowest BCUT2D eigenvalue weighted by atomic mass is 10.3. The molecule has 0 aromatic carbocycles. The molecule has 0 atom stereocenters. The molecule has 0 unspecified atom stereocenters. The minimum atomic E-state index is 0.792. The summed E-state index contributed by atoms with van der Waals surface area (Å²) < 4.78 is 13.8. The van der Waals surface area contributed by atoms with Crippen LogP contribution in [0, 0.1) is 0 Å². The van der Waals surface area contributed by atoms with Crippen LogP contribution in [0.2, 0.25) is 0 Å². The van der Waals surface area contributed by atoms with Gasteiger partial charge in [-0.2, -0.15) is 0 Å². The van der Waals surface area contributed by atoms with Crippen LogP contribution in [-0.2, 0) is 0 Å². The molecule has 0 aliphatic heterocycles. The molecule has 3 rings (SSSR count). The first kappa shape index (κ1) is 12.7. The van der Waals surface area contributed by atoms with E-state index in [1.165, 1.54) is 0 Å². The van der Waals surface area contributed by atoms with E-state index in [2.05, 4.69) is 42.9 Å². The van der Waals surface area contributed by atoms with Gasteiger partial charge in [-0.05, 0) is 37.9 Å². The van der Waals surface area contributed by atoms with E-state index in [1.807, 2.05) is 0 Å². The molecule has 3 nitrogen and oxygen atoms in total. The average Bonchev–Trinajstić information content (AvgIpc) is 2.80. The van der Waals surface area contributed by atoms with Gasteiger partial charge in [-0.25, -0.2) is 4.98 Å². The minimum absolute atomic E-state index is 0.792. The Morgan fingerprint density at radius 2 is 1.72 bits per heavy atom. The summed E-state index contributed by atoms with van der Waals surface area (Å²) in [6.07, 6.45) is 0. The fraction of sp³-hybridized carbons (Fsp3) is 0.182. The number of aromatic nitrogens is 1. The normalized spacial score (nSPS) is 11.3. The van der Waals surface area contributed by atoms with Crippen molar-refractivity contribution in [3.63, 3.8) is 0 Å². The Morgan fingerprint density at radius 1 is 1.06 bits per heavy atom. The van der Waals surface area contributed by atoms with Crippen LogP contribution >= 0.6 is 54.5 Å². The van der Waals surface area contributed by atoms with Crippen molar-refractivity contribution in [1.82, 2.24) is 4.98 Å². The summed E-state index contributed by atoms with van der Waals surface area (Å²) in [4.78, 5) is 5.60. The summed E-state index contributed by atoms with van der Waals surface area (Å²) in [7, 11) is 3.32. The largest absolute Gasteiger partial charge is 0.494 e. The van der Waals surface area contributed by atoms with Gasteiger partial charge in [0.25, 0.3) is 0 Å². The van der Waals surface area contributed by atoms with Crippen LogP contribution in [0.25, 0.3) is 20.4 Å². The topological polar surface area (TPSA) is 31.4 Å². The highest BCUT2D eigenvalue weighted by Gasteiger charge is 2.18. The lowest BCUT2D eigenvalue weighted by molar-refractivity contribution is 0.418. The number of pyridine rings is 1. The van der Waals surface area contributed by atoms with Gasteiger partial charge in [0.1, 0.15) is 17.9 Å². The third-order valence-electron chi connectivity index (χ3n) is 2.56. The second-order valence-corrected chi connectivity index (χ2v) is 8.19. The van der Waals surface area contributed by atoms with E-state index < -0.39 is 0 Å². The Morgan fingerprint density at radius 3 is 2.39 bits per heavy atom. The van der Waals surface area contributed by atoms with Gasteiger partial charge >= 0.3 is 0 Å². The quantitative estimate of drug-likeness (QED) is 0.594. The number of thiophene rings is 2. The zero-order chi connectivity index (χ0) is 12.9. The number of halogens is 2. The molecule has 3 aromatic heterocycles. The van der Waals surface area contributed by atoms with Crippen LogP contribution < -0.4 is 9.47 Å². The van der Waals surface area contributed by atoms with E-state index in [-0.39, 0.29) is 0 Å². The van der Waals surface area contributed by atoms with Gasteiger partial charge in [0, 0.05) is 0 Å². The van der Waals surface area contributed by atoms with E-state index in [9.17, 15) is 0 Å². The van der Waals surface area contributed by atoms with Crippen molar-refractivity contribution >= 4 is 75.0 Å². The van der Waals surface area contributed by atoms with Crippen LogP contribution in [0.3, 0.4) is 0 Å². The molecule has 3 heterocycles. The highest BCUT2D eigenvalue weighted by Crippen LogP contribution is 2.46. The Balaban J connectivity index is 2.42. The monoisotopic (exact) mass is 407 g/mol. The van der Waals surface area contributed by atoms with Crippen LogP contribution in [-0.4, -0.2) is 19.2 Å². The lowest BCUT2D eigenvalue weighted by Crippen LogP contribution is -1.84. The van der Waals surface area contributed by atoms with Crippen molar-refractivity contribution in [1.29, 1.82) is 0 Å². The highest BCUT2D eigenvalue weighted by molar-refractivity contribution is 9.11. The molecule has 0 fully saturated rings. The molecule has 0 aliphatic rings. The molecule has 0 saturated heterocycles. The molecule has 0 N–H and O–H groups in total. The molecular formula is C11H7Br2NO2S2. The SMILES string of the molecule is COc1c(Br)sc2nc3c(OC)c(Br)sc3cc12. The number of ether oxygens (including phenoxy) is 2. The number of nitrogens with zero attached hydrogens (tertiary/aromatic N) is 1. The second-order valence-electron chi connectivity index (χ2n) is 3.51. The molecule has 0 radical (unpaired) electrons. The van der Waals surface area contributed by atoms with Gasteiger partial charge in [-0.1, -0.05) is 0 Å². The van der Waals surface area contributed by atoms with Crippen molar-refractivity contribution in [3.8, 4) is 11.5 Å². The van der Waals surface area contributed by atoms with Crippen molar-refractivity contribution in [2.24, 2.45) is 0 Å². The Hall–Kier alpha value is -0.370. The molecule has 0 saturated carbocycles. The van der Waals surface area contributed by atoms with E-state index >= 15 is 0 Å². The standard InChI is InChI=1S/C11H7Br2NO2S2/c1-15-7-4-3-5-6(8(16-2)10(13)17-5)14-11(4)18-9(7)12/h3H,1-2H3. The summed E-state index contributed by atoms with van der Waals surface area (Å²) >= 11 is 10.2. The number of hydrogen-bond donors (Lipinski definition) is 0. The zero-order valence-electron chi connectivity index (χ0n) is 9.41. The molecule has 0 bridgehead atoms. The van der Waals surface area contributed by atoms with Crippen molar-refractivity contribution < 1.29 is 9.47 Å². The van der Waals surface area contributed by atoms with Crippen LogP contribution in [0.15, 0.2) is 13.6 Å². The summed E-state index contributed by atoms with van der Waals surface area (Å²) in [6.45, 7) is 0. The fourth-order valence-electron chi connectivity index (χ4n) is 1.80. The molecule has 18 heavy (non-hydrogen) atoms. The summed E-state index contributed by atoms with van der Waals surface area (Å²) in [5, 5.41) is 1.03. The van der Waals surface area contributed by atoms with Crippen molar-refractivity contribution in [3.05, 3.63) is 13.6 Å². The van der Waals surface area contributed by atoms with Gasteiger partial charge < -0.3 is 9.47 Å². The Kier molecular flexibility index (Phi) is 3.25. The van der Waals surface area contributed by atoms with Gasteiger partial charge in [-0.3, -0.25) is 0 Å². The van der Waals surface area contributed by atoms with E-state index in [0.717, 1.165) is 39.5 Å². The Labute approximate surface area is 128 Å². The van der Waals surface area contributed by atoms with E-state index in [1.54, 1.807) is 36.9 Å². The average molecular weight is 409 g/mol. The van der Waals surface area contributed by atoms with Crippen LogP contribution in [0.4, 0.5) is 0 Å². The number of rotatable bonds is 2.